The molecule has 1 fully saturated rings. The average Bonchev–Trinajstić information content (AvgIpc) is 2.94. The summed E-state index contributed by atoms with van der Waals surface area (Å²) in [7, 11) is 0. The fourth-order valence-corrected chi connectivity index (χ4v) is 2.62. The van der Waals surface area contributed by atoms with Gasteiger partial charge in [0.15, 0.2) is 0 Å². The fourth-order valence-electron chi connectivity index (χ4n) is 2.62. The smallest absolute Gasteiger partial charge is 0.341 e. The summed E-state index contributed by atoms with van der Waals surface area (Å²) in [6.45, 7) is 4.73. The molecule has 0 aromatic carbocycles. The molecule has 0 radical (unpaired) electrons. The molecule has 0 unspecified atom stereocenters. The van der Waals surface area contributed by atoms with Crippen LogP contribution < -0.4 is 5.69 Å². The van der Waals surface area contributed by atoms with Crippen molar-refractivity contribution in [2.45, 2.75) is 25.9 Å². The number of carbonyl (C=O) groups is 1. The van der Waals surface area contributed by atoms with Crippen molar-refractivity contribution in [2.75, 3.05) is 26.2 Å². The molecule has 0 spiro atoms. The Morgan fingerprint density at radius 1 is 1.17 bits per heavy atom. The van der Waals surface area contributed by atoms with E-state index in [1.54, 1.807) is 4.57 Å². The Balaban J connectivity index is 1.56. The van der Waals surface area contributed by atoms with E-state index in [9.17, 15) is 9.59 Å². The molecule has 0 aliphatic carbocycles. The van der Waals surface area contributed by atoms with Crippen LogP contribution in [-0.4, -0.2) is 56.7 Å². The lowest BCUT2D eigenvalue weighted by Crippen LogP contribution is -2.41. The molecule has 3 rings (SSSR count). The second-order valence-corrected chi connectivity index (χ2v) is 4.86. The van der Waals surface area contributed by atoms with E-state index in [2.05, 4.69) is 15.1 Å². The number of aromatic nitrogens is 3. The van der Waals surface area contributed by atoms with Gasteiger partial charge in [0, 0.05) is 39.1 Å². The van der Waals surface area contributed by atoms with Crippen molar-refractivity contribution in [3.63, 3.8) is 0 Å². The maximum absolute atomic E-state index is 11.5. The fraction of sp³-hybridized carbons (Fsp3) is 0.727. The predicted octanol–water partition coefficient (Wildman–Crippen LogP) is -0.991. The van der Waals surface area contributed by atoms with Gasteiger partial charge in [0.25, 0.3) is 0 Å². The van der Waals surface area contributed by atoms with Crippen LogP contribution in [-0.2, 0) is 17.9 Å². The molecule has 3 heterocycles. The van der Waals surface area contributed by atoms with Crippen molar-refractivity contribution in [2.24, 2.45) is 0 Å². The van der Waals surface area contributed by atoms with Gasteiger partial charge < -0.3 is 4.90 Å². The van der Waals surface area contributed by atoms with Crippen LogP contribution in [0, 0.1) is 0 Å². The number of nitrogens with zero attached hydrogens (tertiary/aromatic N) is 4. The SMILES string of the molecule is O=C1CCCN1CCN1CCn2c(n[nH]c2=O)C1. The van der Waals surface area contributed by atoms with Crippen molar-refractivity contribution in [3.05, 3.63) is 16.3 Å². The Labute approximate surface area is 104 Å². The summed E-state index contributed by atoms with van der Waals surface area (Å²) in [4.78, 5) is 27.0. The molecule has 0 bridgehead atoms. The maximum atomic E-state index is 11.5. The van der Waals surface area contributed by atoms with Crippen LogP contribution >= 0.6 is 0 Å². The molecule has 0 atom stereocenters. The minimum Gasteiger partial charge on any atom is -0.341 e. The molecule has 1 aromatic rings. The number of hydrogen-bond donors (Lipinski definition) is 1. The van der Waals surface area contributed by atoms with E-state index in [-0.39, 0.29) is 11.6 Å². The van der Waals surface area contributed by atoms with E-state index in [0.29, 0.717) is 19.5 Å². The third-order valence-corrected chi connectivity index (χ3v) is 3.70. The van der Waals surface area contributed by atoms with Gasteiger partial charge in [-0.15, -0.1) is 0 Å². The van der Waals surface area contributed by atoms with Gasteiger partial charge in [-0.25, -0.2) is 9.89 Å². The first kappa shape index (κ1) is 11.5. The Kier molecular flexibility index (Phi) is 2.91. The van der Waals surface area contributed by atoms with E-state index >= 15 is 0 Å². The second-order valence-electron chi connectivity index (χ2n) is 4.86. The Morgan fingerprint density at radius 2 is 2.06 bits per heavy atom. The number of likely N-dealkylation sites (tertiary alicyclic amines) is 1. The summed E-state index contributed by atoms with van der Waals surface area (Å²) >= 11 is 0. The number of hydrogen-bond acceptors (Lipinski definition) is 4. The molecule has 18 heavy (non-hydrogen) atoms. The molecular formula is C11H17N5O2. The van der Waals surface area contributed by atoms with E-state index < -0.39 is 0 Å². The molecule has 1 amide bonds. The molecule has 2 aliphatic heterocycles. The molecule has 0 saturated carbocycles. The molecule has 1 saturated heterocycles. The Bertz CT molecular complexity index is 506. The summed E-state index contributed by atoms with van der Waals surface area (Å²) in [6, 6.07) is 0. The zero-order chi connectivity index (χ0) is 12.5. The monoisotopic (exact) mass is 251 g/mol. The molecule has 7 nitrogen and oxygen atoms in total. The lowest BCUT2D eigenvalue weighted by Gasteiger charge is -2.28. The van der Waals surface area contributed by atoms with Crippen LogP contribution in [0.5, 0.6) is 0 Å². The van der Waals surface area contributed by atoms with Gasteiger partial charge in [-0.2, -0.15) is 5.10 Å². The number of aromatic amines is 1. The highest BCUT2D eigenvalue weighted by atomic mass is 16.2. The highest BCUT2D eigenvalue weighted by molar-refractivity contribution is 5.78. The van der Waals surface area contributed by atoms with E-state index in [4.69, 9.17) is 0 Å². The van der Waals surface area contributed by atoms with Crippen molar-refractivity contribution < 1.29 is 4.79 Å². The first-order valence-corrected chi connectivity index (χ1v) is 6.38. The quantitative estimate of drug-likeness (QED) is 0.748. The summed E-state index contributed by atoms with van der Waals surface area (Å²) < 4.78 is 1.68. The Morgan fingerprint density at radius 3 is 2.83 bits per heavy atom. The van der Waals surface area contributed by atoms with Crippen molar-refractivity contribution >= 4 is 5.91 Å². The number of carbonyl (C=O) groups excluding carboxylic acids is 1. The zero-order valence-corrected chi connectivity index (χ0v) is 10.3. The second kappa shape index (κ2) is 4.56. The molecule has 1 N–H and O–H groups in total. The number of H-pyrrole nitrogens is 1. The van der Waals surface area contributed by atoms with E-state index in [0.717, 1.165) is 38.4 Å². The zero-order valence-electron chi connectivity index (χ0n) is 10.3. The largest absolute Gasteiger partial charge is 0.343 e. The van der Waals surface area contributed by atoms with Gasteiger partial charge in [-0.05, 0) is 6.42 Å². The molecular weight excluding hydrogens is 234 g/mol. The lowest BCUT2D eigenvalue weighted by atomic mass is 10.3. The summed E-state index contributed by atoms with van der Waals surface area (Å²) in [5.41, 5.74) is -0.126. The highest BCUT2D eigenvalue weighted by Gasteiger charge is 2.23. The summed E-state index contributed by atoms with van der Waals surface area (Å²) in [6.07, 6.45) is 1.68. The topological polar surface area (TPSA) is 74.2 Å². The van der Waals surface area contributed by atoms with Crippen LogP contribution in [0.4, 0.5) is 0 Å². The molecule has 2 aliphatic rings. The molecule has 1 aromatic heterocycles. The minimum atomic E-state index is -0.126. The molecule has 7 heteroatoms. The van der Waals surface area contributed by atoms with Gasteiger partial charge in [0.05, 0.1) is 6.54 Å². The van der Waals surface area contributed by atoms with Crippen molar-refractivity contribution in [1.82, 2.24) is 24.6 Å². The van der Waals surface area contributed by atoms with E-state index in [1.807, 2.05) is 4.90 Å². The van der Waals surface area contributed by atoms with Gasteiger partial charge in [-0.1, -0.05) is 0 Å². The third-order valence-electron chi connectivity index (χ3n) is 3.70. The number of rotatable bonds is 3. The normalized spacial score (nSPS) is 20.4. The van der Waals surface area contributed by atoms with Crippen molar-refractivity contribution in [3.8, 4) is 0 Å². The first-order valence-electron chi connectivity index (χ1n) is 6.38. The van der Waals surface area contributed by atoms with Gasteiger partial charge in [-0.3, -0.25) is 14.3 Å². The average molecular weight is 251 g/mol. The van der Waals surface area contributed by atoms with Gasteiger partial charge >= 0.3 is 5.69 Å². The standard InChI is InChI=1S/C11H17N5O2/c17-10-2-1-3-15(10)6-4-14-5-7-16-9(8-14)12-13-11(16)18/h1-8H2,(H,13,18). The molecule has 98 valence electrons. The van der Waals surface area contributed by atoms with Gasteiger partial charge in [0.1, 0.15) is 5.82 Å². The van der Waals surface area contributed by atoms with Crippen LogP contribution in [0.15, 0.2) is 4.79 Å². The number of nitrogens with one attached hydrogen (secondary N) is 1. The van der Waals surface area contributed by atoms with Gasteiger partial charge in [0.2, 0.25) is 5.91 Å². The number of fused-ring (bicyclic) bond motifs is 1. The van der Waals surface area contributed by atoms with Crippen LogP contribution in [0.2, 0.25) is 0 Å². The first-order chi connectivity index (χ1) is 8.74. The van der Waals surface area contributed by atoms with Crippen molar-refractivity contribution in [1.29, 1.82) is 0 Å². The maximum Gasteiger partial charge on any atom is 0.343 e. The van der Waals surface area contributed by atoms with Crippen LogP contribution in [0.1, 0.15) is 18.7 Å². The summed E-state index contributed by atoms with van der Waals surface area (Å²) in [5, 5.41) is 6.47. The van der Waals surface area contributed by atoms with Crippen LogP contribution in [0.3, 0.4) is 0 Å². The third kappa shape index (κ3) is 2.05. The van der Waals surface area contributed by atoms with Crippen LogP contribution in [0.25, 0.3) is 0 Å². The number of amides is 1. The Hall–Kier alpha value is -1.63. The lowest BCUT2D eigenvalue weighted by molar-refractivity contribution is -0.127. The predicted molar refractivity (Wildman–Crippen MR) is 63.9 cm³/mol. The highest BCUT2D eigenvalue weighted by Crippen LogP contribution is 2.11. The van der Waals surface area contributed by atoms with E-state index in [1.165, 1.54) is 0 Å². The minimum absolute atomic E-state index is 0.126. The summed E-state index contributed by atoms with van der Waals surface area (Å²) in [5.74, 6) is 1.06.